The minimum atomic E-state index is -1.55. The molecule has 1 aromatic rings. The summed E-state index contributed by atoms with van der Waals surface area (Å²) < 4.78 is 0. The molecular formula is C8H7NO5. The number of H-pyrrole nitrogens is 1. The first-order chi connectivity index (χ1) is 6.43. The number of rotatable bonds is 2. The van der Waals surface area contributed by atoms with Crippen LogP contribution in [0.4, 0.5) is 0 Å². The maximum atomic E-state index is 11.1. The maximum absolute atomic E-state index is 11.1. The zero-order valence-electron chi connectivity index (χ0n) is 7.20. The van der Waals surface area contributed by atoms with Gasteiger partial charge in [-0.2, -0.15) is 0 Å². The Kier molecular flexibility index (Phi) is 2.37. The van der Waals surface area contributed by atoms with Gasteiger partial charge in [0, 0.05) is 11.8 Å². The molecule has 0 bridgehead atoms. The highest BCUT2D eigenvalue weighted by molar-refractivity contribution is 6.00. The second kappa shape index (κ2) is 3.33. The second-order valence-electron chi connectivity index (χ2n) is 2.68. The fourth-order valence-corrected chi connectivity index (χ4v) is 1.06. The fourth-order valence-electron chi connectivity index (χ4n) is 1.06. The summed E-state index contributed by atoms with van der Waals surface area (Å²) in [5.74, 6) is -3.02. The van der Waals surface area contributed by atoms with Crippen molar-refractivity contribution in [3.63, 3.8) is 0 Å². The second-order valence-corrected chi connectivity index (χ2v) is 2.68. The first-order valence-electron chi connectivity index (χ1n) is 3.64. The van der Waals surface area contributed by atoms with Gasteiger partial charge in [0.1, 0.15) is 11.3 Å². The van der Waals surface area contributed by atoms with Crippen molar-refractivity contribution in [3.05, 3.63) is 33.2 Å². The highest BCUT2D eigenvalue weighted by Gasteiger charge is 2.20. The van der Waals surface area contributed by atoms with Crippen LogP contribution in [-0.2, 0) is 0 Å². The summed E-state index contributed by atoms with van der Waals surface area (Å²) in [4.78, 5) is 34.6. The standard InChI is InChI=1S/C8H7NO5/c1-3-2-4(10)5(7(11)12)6(9-3)8(13)14/h2H,1H3,(H,9,10)(H,11,12)(H,13,14). The predicted molar refractivity (Wildman–Crippen MR) is 45.7 cm³/mol. The average Bonchev–Trinajstić information content (AvgIpc) is 2.01. The van der Waals surface area contributed by atoms with Crippen LogP contribution >= 0.6 is 0 Å². The van der Waals surface area contributed by atoms with E-state index in [9.17, 15) is 14.4 Å². The Morgan fingerprint density at radius 3 is 2.29 bits per heavy atom. The zero-order chi connectivity index (χ0) is 10.9. The van der Waals surface area contributed by atoms with Crippen LogP contribution in [0.3, 0.4) is 0 Å². The van der Waals surface area contributed by atoms with Gasteiger partial charge in [-0.3, -0.25) is 4.79 Å². The quantitative estimate of drug-likeness (QED) is 0.622. The van der Waals surface area contributed by atoms with E-state index >= 15 is 0 Å². The highest BCUT2D eigenvalue weighted by Crippen LogP contribution is 2.02. The summed E-state index contributed by atoms with van der Waals surface area (Å²) >= 11 is 0. The highest BCUT2D eigenvalue weighted by atomic mass is 16.4. The van der Waals surface area contributed by atoms with Gasteiger partial charge in [-0.05, 0) is 6.92 Å². The summed E-state index contributed by atoms with van der Waals surface area (Å²) in [6, 6.07) is 1.04. The molecule has 0 radical (unpaired) electrons. The molecule has 0 aliphatic rings. The molecule has 0 unspecified atom stereocenters. The minimum absolute atomic E-state index is 0.303. The molecule has 1 aromatic heterocycles. The molecule has 0 atom stereocenters. The summed E-state index contributed by atoms with van der Waals surface area (Å²) in [6.45, 7) is 1.47. The molecule has 0 amide bonds. The number of aromatic carboxylic acids is 2. The normalized spacial score (nSPS) is 9.79. The SMILES string of the molecule is Cc1cc(=O)c(C(=O)O)c(C(=O)O)[nH]1. The van der Waals surface area contributed by atoms with Crippen LogP contribution < -0.4 is 5.43 Å². The number of carboxylic acid groups (broad SMARTS) is 2. The molecule has 0 aliphatic carbocycles. The smallest absolute Gasteiger partial charge is 0.353 e. The molecule has 1 rings (SSSR count). The van der Waals surface area contributed by atoms with Crippen molar-refractivity contribution in [2.45, 2.75) is 6.92 Å². The van der Waals surface area contributed by atoms with Crippen molar-refractivity contribution in [3.8, 4) is 0 Å². The van der Waals surface area contributed by atoms with Gasteiger partial charge in [0.15, 0.2) is 5.43 Å². The summed E-state index contributed by atoms with van der Waals surface area (Å²) in [5.41, 5.74) is -1.85. The number of carboxylic acids is 2. The van der Waals surface area contributed by atoms with E-state index in [1.165, 1.54) is 6.92 Å². The van der Waals surface area contributed by atoms with Gasteiger partial charge in [-0.15, -0.1) is 0 Å². The topological polar surface area (TPSA) is 107 Å². The zero-order valence-corrected chi connectivity index (χ0v) is 7.20. The Labute approximate surface area is 77.8 Å². The van der Waals surface area contributed by atoms with Crippen molar-refractivity contribution in [2.75, 3.05) is 0 Å². The Morgan fingerprint density at radius 1 is 1.29 bits per heavy atom. The van der Waals surface area contributed by atoms with Crippen molar-refractivity contribution in [2.24, 2.45) is 0 Å². The van der Waals surface area contributed by atoms with Gasteiger partial charge in [-0.1, -0.05) is 0 Å². The lowest BCUT2D eigenvalue weighted by atomic mass is 10.1. The molecule has 0 fully saturated rings. The number of nitrogens with one attached hydrogen (secondary N) is 1. The number of hydrogen-bond donors (Lipinski definition) is 3. The van der Waals surface area contributed by atoms with Gasteiger partial charge in [-0.25, -0.2) is 9.59 Å². The van der Waals surface area contributed by atoms with Crippen LogP contribution in [0.2, 0.25) is 0 Å². The lowest BCUT2D eigenvalue weighted by Crippen LogP contribution is -2.22. The molecule has 74 valence electrons. The number of hydrogen-bond acceptors (Lipinski definition) is 3. The van der Waals surface area contributed by atoms with E-state index in [2.05, 4.69) is 4.98 Å². The molecule has 1 heterocycles. The number of aryl methyl sites for hydroxylation is 1. The van der Waals surface area contributed by atoms with Crippen LogP contribution in [0, 0.1) is 6.92 Å². The monoisotopic (exact) mass is 197 g/mol. The van der Waals surface area contributed by atoms with Crippen LogP contribution in [0.25, 0.3) is 0 Å². The van der Waals surface area contributed by atoms with Gasteiger partial charge in [0.25, 0.3) is 0 Å². The van der Waals surface area contributed by atoms with Gasteiger partial charge in [0.05, 0.1) is 0 Å². The Bertz CT molecular complexity index is 459. The molecule has 0 saturated carbocycles. The summed E-state index contributed by atoms with van der Waals surface area (Å²) in [7, 11) is 0. The fraction of sp³-hybridized carbons (Fsp3) is 0.125. The van der Waals surface area contributed by atoms with E-state index in [1.54, 1.807) is 0 Å². The van der Waals surface area contributed by atoms with Gasteiger partial charge < -0.3 is 15.2 Å². The number of aromatic amines is 1. The van der Waals surface area contributed by atoms with E-state index in [0.717, 1.165) is 6.07 Å². The third-order valence-electron chi connectivity index (χ3n) is 1.59. The number of carbonyl (C=O) groups is 2. The van der Waals surface area contributed by atoms with Crippen molar-refractivity contribution in [1.82, 2.24) is 4.98 Å². The van der Waals surface area contributed by atoms with Gasteiger partial charge >= 0.3 is 11.9 Å². The van der Waals surface area contributed by atoms with E-state index in [0.29, 0.717) is 5.69 Å². The molecule has 14 heavy (non-hydrogen) atoms. The van der Waals surface area contributed by atoms with E-state index in [4.69, 9.17) is 10.2 Å². The van der Waals surface area contributed by atoms with Crippen LogP contribution in [-0.4, -0.2) is 27.1 Å². The lowest BCUT2D eigenvalue weighted by Gasteiger charge is -2.01. The van der Waals surface area contributed by atoms with E-state index < -0.39 is 28.6 Å². The van der Waals surface area contributed by atoms with Crippen molar-refractivity contribution < 1.29 is 19.8 Å². The summed E-state index contributed by atoms with van der Waals surface area (Å²) in [6.07, 6.45) is 0. The molecule has 3 N–H and O–H groups in total. The first-order valence-corrected chi connectivity index (χ1v) is 3.64. The number of aromatic nitrogens is 1. The average molecular weight is 197 g/mol. The van der Waals surface area contributed by atoms with Crippen LogP contribution in [0.15, 0.2) is 10.9 Å². The molecule has 0 saturated heterocycles. The third-order valence-corrected chi connectivity index (χ3v) is 1.59. The molecular weight excluding hydrogens is 190 g/mol. The van der Waals surface area contributed by atoms with E-state index in [-0.39, 0.29) is 0 Å². The molecule has 6 nitrogen and oxygen atoms in total. The molecule has 0 spiro atoms. The van der Waals surface area contributed by atoms with Crippen LogP contribution in [0.5, 0.6) is 0 Å². The molecule has 0 aliphatic heterocycles. The van der Waals surface area contributed by atoms with E-state index in [1.807, 2.05) is 0 Å². The predicted octanol–water partition coefficient (Wildman–Crippen LogP) is 0.0797. The first kappa shape index (κ1) is 9.97. The van der Waals surface area contributed by atoms with Crippen LogP contribution in [0.1, 0.15) is 26.5 Å². The van der Waals surface area contributed by atoms with Gasteiger partial charge in [0.2, 0.25) is 0 Å². The lowest BCUT2D eigenvalue weighted by molar-refractivity contribution is 0.0645. The maximum Gasteiger partial charge on any atom is 0.353 e. The Morgan fingerprint density at radius 2 is 1.86 bits per heavy atom. The largest absolute Gasteiger partial charge is 0.477 e. The third kappa shape index (κ3) is 1.63. The van der Waals surface area contributed by atoms with Crippen molar-refractivity contribution >= 4 is 11.9 Å². The Hall–Kier alpha value is -2.11. The minimum Gasteiger partial charge on any atom is -0.477 e. The molecule has 6 heteroatoms. The number of pyridine rings is 1. The van der Waals surface area contributed by atoms with Crippen molar-refractivity contribution in [1.29, 1.82) is 0 Å². The Balaban J connectivity index is 3.61. The molecule has 0 aromatic carbocycles. The summed E-state index contributed by atoms with van der Waals surface area (Å²) in [5, 5.41) is 17.2.